The minimum Gasteiger partial charge on any atom is -0.309 e. The van der Waals surface area contributed by atoms with Crippen LogP contribution in [-0.2, 0) is 0 Å². The second-order valence-corrected chi connectivity index (χ2v) is 12.8. The lowest BCUT2D eigenvalue weighted by atomic mass is 10.0. The van der Waals surface area contributed by atoms with Crippen LogP contribution in [0, 0.1) is 0 Å². The summed E-state index contributed by atoms with van der Waals surface area (Å²) in [6, 6.07) is 55.5. The van der Waals surface area contributed by atoms with E-state index in [9.17, 15) is 0 Å². The molecule has 0 saturated heterocycles. The third kappa shape index (κ3) is 3.40. The molecule has 0 bridgehead atoms. The van der Waals surface area contributed by atoms with Crippen LogP contribution < -0.4 is 0 Å². The molecule has 0 amide bonds. The van der Waals surface area contributed by atoms with Gasteiger partial charge in [0, 0.05) is 50.6 Å². The molecule has 3 nitrogen and oxygen atoms in total. The number of hydrogen-bond donors (Lipinski definition) is 0. The van der Waals surface area contributed by atoms with Crippen molar-refractivity contribution in [2.45, 2.75) is 0 Å². The first-order valence-electron chi connectivity index (χ1n) is 16.5. The summed E-state index contributed by atoms with van der Waals surface area (Å²) in [6.07, 6.45) is 3.90. The van der Waals surface area contributed by atoms with Gasteiger partial charge in [-0.05, 0) is 87.8 Å². The topological polar surface area (TPSA) is 22.8 Å². The maximum absolute atomic E-state index is 4.46. The largest absolute Gasteiger partial charge is 0.309 e. The average molecular weight is 610 g/mol. The Morgan fingerprint density at radius 2 is 1.04 bits per heavy atom. The van der Waals surface area contributed by atoms with Gasteiger partial charge in [0.2, 0.25) is 0 Å². The molecule has 0 N–H and O–H groups in total. The van der Waals surface area contributed by atoms with Gasteiger partial charge in [-0.25, -0.2) is 0 Å². The van der Waals surface area contributed by atoms with E-state index < -0.39 is 0 Å². The molecular weight excluding hydrogens is 583 g/mol. The number of para-hydroxylation sites is 3. The zero-order valence-electron chi connectivity index (χ0n) is 25.9. The van der Waals surface area contributed by atoms with Crippen molar-refractivity contribution in [2.75, 3.05) is 0 Å². The summed E-state index contributed by atoms with van der Waals surface area (Å²) in [5, 5.41) is 7.61. The Labute approximate surface area is 276 Å². The van der Waals surface area contributed by atoms with E-state index in [2.05, 4.69) is 166 Å². The molecule has 3 heteroatoms. The standard InChI is InChI=1S/C45H27N3/c1-2-9-30(10-3-1)47-40-15-6-4-11-32(40)34-19-17-29(26-44(34)47)28-18-21-43-38(25-28)33-12-5-7-16-41(33)48(43)42-22-20-36-39-27-46-24-23-31(39)35-13-8-14-37(42)45(35)36/h1-27H. The first kappa shape index (κ1) is 25.7. The molecule has 10 aromatic rings. The molecule has 7 aromatic carbocycles. The van der Waals surface area contributed by atoms with Crippen LogP contribution in [0.1, 0.15) is 0 Å². The van der Waals surface area contributed by atoms with Crippen molar-refractivity contribution in [3.8, 4) is 44.8 Å². The first-order chi connectivity index (χ1) is 23.8. The third-order valence-electron chi connectivity index (χ3n) is 10.4. The Hall–Kier alpha value is -6.45. The van der Waals surface area contributed by atoms with Crippen molar-refractivity contribution in [3.63, 3.8) is 0 Å². The third-order valence-corrected chi connectivity index (χ3v) is 10.4. The zero-order chi connectivity index (χ0) is 31.3. The lowest BCUT2D eigenvalue weighted by molar-refractivity contribution is 1.18. The average Bonchev–Trinajstić information content (AvgIpc) is 3.78. The lowest BCUT2D eigenvalue weighted by Gasteiger charge is -2.13. The lowest BCUT2D eigenvalue weighted by Crippen LogP contribution is -1.96. The van der Waals surface area contributed by atoms with Crippen molar-refractivity contribution < 1.29 is 0 Å². The Kier molecular flexibility index (Phi) is 5.11. The molecule has 0 saturated carbocycles. The van der Waals surface area contributed by atoms with E-state index >= 15 is 0 Å². The van der Waals surface area contributed by atoms with Crippen molar-refractivity contribution in [1.29, 1.82) is 0 Å². The van der Waals surface area contributed by atoms with Gasteiger partial charge in [0.05, 0.1) is 27.8 Å². The smallest absolute Gasteiger partial charge is 0.0547 e. The minimum atomic E-state index is 1.17. The second kappa shape index (κ2) is 9.54. The molecule has 1 aliphatic carbocycles. The SMILES string of the molecule is c1ccc(-n2c3ccccc3c3ccc(-c4ccc5c(c4)c4ccccc4n5-c4ccc5c6c(cccc46)-c4ccncc4-5)cc32)cc1. The predicted octanol–water partition coefficient (Wildman–Crippen LogP) is 11.7. The Bertz CT molecular complexity index is 2910. The molecule has 0 radical (unpaired) electrons. The van der Waals surface area contributed by atoms with Crippen LogP contribution in [0.4, 0.5) is 0 Å². The number of aromatic nitrogens is 3. The van der Waals surface area contributed by atoms with Crippen LogP contribution in [-0.4, -0.2) is 14.1 Å². The van der Waals surface area contributed by atoms with Gasteiger partial charge in [-0.1, -0.05) is 97.1 Å². The summed E-state index contributed by atoms with van der Waals surface area (Å²) in [5.41, 5.74) is 14.7. The molecule has 0 aliphatic heterocycles. The monoisotopic (exact) mass is 609 g/mol. The van der Waals surface area contributed by atoms with E-state index in [1.165, 1.54) is 99.1 Å². The van der Waals surface area contributed by atoms with Crippen molar-refractivity contribution >= 4 is 54.4 Å². The van der Waals surface area contributed by atoms with E-state index in [-0.39, 0.29) is 0 Å². The second-order valence-electron chi connectivity index (χ2n) is 12.8. The maximum atomic E-state index is 4.46. The van der Waals surface area contributed by atoms with Crippen LogP contribution in [0.15, 0.2) is 164 Å². The van der Waals surface area contributed by atoms with E-state index in [1.807, 2.05) is 12.4 Å². The summed E-state index contributed by atoms with van der Waals surface area (Å²) in [5.74, 6) is 0. The molecule has 3 aromatic heterocycles. The van der Waals surface area contributed by atoms with Crippen LogP contribution in [0.25, 0.3) is 99.1 Å². The van der Waals surface area contributed by atoms with Gasteiger partial charge in [-0.15, -0.1) is 0 Å². The normalized spacial score (nSPS) is 12.2. The van der Waals surface area contributed by atoms with E-state index in [0.29, 0.717) is 0 Å². The summed E-state index contributed by atoms with van der Waals surface area (Å²) in [7, 11) is 0. The summed E-state index contributed by atoms with van der Waals surface area (Å²) in [6.45, 7) is 0. The highest BCUT2D eigenvalue weighted by Crippen LogP contribution is 2.49. The molecular formula is C45H27N3. The molecule has 0 spiro atoms. The molecule has 0 fully saturated rings. The van der Waals surface area contributed by atoms with Gasteiger partial charge in [-0.3, -0.25) is 4.98 Å². The summed E-state index contributed by atoms with van der Waals surface area (Å²) in [4.78, 5) is 4.46. The molecule has 0 unspecified atom stereocenters. The number of fused-ring (bicyclic) bond motifs is 9. The maximum Gasteiger partial charge on any atom is 0.0547 e. The molecule has 1 aliphatic rings. The fourth-order valence-corrected chi connectivity index (χ4v) is 8.30. The van der Waals surface area contributed by atoms with Gasteiger partial charge in [0.25, 0.3) is 0 Å². The van der Waals surface area contributed by atoms with Crippen molar-refractivity contribution in [1.82, 2.24) is 14.1 Å². The fraction of sp³-hybridized carbons (Fsp3) is 0. The Balaban J connectivity index is 1.14. The molecule has 3 heterocycles. The van der Waals surface area contributed by atoms with Crippen molar-refractivity contribution in [3.05, 3.63) is 164 Å². The number of rotatable bonds is 3. The van der Waals surface area contributed by atoms with Gasteiger partial charge < -0.3 is 9.13 Å². The fourth-order valence-electron chi connectivity index (χ4n) is 8.30. The van der Waals surface area contributed by atoms with Gasteiger partial charge >= 0.3 is 0 Å². The highest BCUT2D eigenvalue weighted by molar-refractivity contribution is 6.19. The Morgan fingerprint density at radius 1 is 0.375 bits per heavy atom. The highest BCUT2D eigenvalue weighted by atomic mass is 15.0. The van der Waals surface area contributed by atoms with Crippen LogP contribution in [0.3, 0.4) is 0 Å². The van der Waals surface area contributed by atoms with E-state index in [0.717, 1.165) is 0 Å². The zero-order valence-corrected chi connectivity index (χ0v) is 25.9. The summed E-state index contributed by atoms with van der Waals surface area (Å²) < 4.78 is 4.84. The van der Waals surface area contributed by atoms with Crippen LogP contribution in [0.2, 0.25) is 0 Å². The molecule has 11 rings (SSSR count). The van der Waals surface area contributed by atoms with Gasteiger partial charge in [0.1, 0.15) is 0 Å². The quantitative estimate of drug-likeness (QED) is 0.195. The van der Waals surface area contributed by atoms with Gasteiger partial charge in [0.15, 0.2) is 0 Å². The van der Waals surface area contributed by atoms with Crippen LogP contribution >= 0.6 is 0 Å². The molecule has 0 atom stereocenters. The van der Waals surface area contributed by atoms with E-state index in [4.69, 9.17) is 0 Å². The molecule has 48 heavy (non-hydrogen) atoms. The number of benzene rings is 7. The number of pyridine rings is 1. The van der Waals surface area contributed by atoms with E-state index in [1.54, 1.807) is 0 Å². The predicted molar refractivity (Wildman–Crippen MR) is 200 cm³/mol. The Morgan fingerprint density at radius 3 is 1.92 bits per heavy atom. The van der Waals surface area contributed by atoms with Gasteiger partial charge in [-0.2, -0.15) is 0 Å². The number of hydrogen-bond acceptors (Lipinski definition) is 1. The number of nitrogens with zero attached hydrogens (tertiary/aromatic N) is 3. The molecule has 222 valence electrons. The summed E-state index contributed by atoms with van der Waals surface area (Å²) >= 11 is 0. The highest BCUT2D eigenvalue weighted by Gasteiger charge is 2.24. The van der Waals surface area contributed by atoms with Crippen LogP contribution in [0.5, 0.6) is 0 Å². The first-order valence-corrected chi connectivity index (χ1v) is 16.5. The van der Waals surface area contributed by atoms with Crippen molar-refractivity contribution in [2.24, 2.45) is 0 Å². The minimum absolute atomic E-state index is 1.17.